The van der Waals surface area contributed by atoms with Gasteiger partial charge in [-0.15, -0.1) is 0 Å². The van der Waals surface area contributed by atoms with Crippen LogP contribution in [-0.4, -0.2) is 29.8 Å². The molecular weight excluding hydrogens is 323 g/mol. The number of halogens is 2. The summed E-state index contributed by atoms with van der Waals surface area (Å²) in [7, 11) is 1.76. The molecule has 1 aliphatic heterocycles. The van der Waals surface area contributed by atoms with E-state index in [0.29, 0.717) is 16.5 Å². The van der Waals surface area contributed by atoms with Crippen LogP contribution in [0.25, 0.3) is 0 Å². The van der Waals surface area contributed by atoms with E-state index in [2.05, 4.69) is 5.32 Å². The first-order chi connectivity index (χ1) is 10.3. The van der Waals surface area contributed by atoms with Crippen molar-refractivity contribution in [1.82, 2.24) is 10.2 Å². The van der Waals surface area contributed by atoms with Crippen molar-refractivity contribution in [2.24, 2.45) is 5.92 Å². The lowest BCUT2D eigenvalue weighted by Gasteiger charge is -2.33. The summed E-state index contributed by atoms with van der Waals surface area (Å²) >= 11 is 12.0. The zero-order chi connectivity index (χ0) is 16.4. The maximum atomic E-state index is 12.6. The third kappa shape index (κ3) is 3.73. The number of carbonyl (C=O) groups is 2. The first-order valence-corrected chi connectivity index (χ1v) is 8.06. The van der Waals surface area contributed by atoms with Gasteiger partial charge in [0.2, 0.25) is 11.8 Å². The summed E-state index contributed by atoms with van der Waals surface area (Å²) in [4.78, 5) is 25.9. The number of nitrogens with one attached hydrogen (secondary N) is 1. The molecule has 0 saturated carbocycles. The van der Waals surface area contributed by atoms with Gasteiger partial charge in [-0.3, -0.25) is 9.59 Å². The van der Waals surface area contributed by atoms with Crippen molar-refractivity contribution in [1.29, 1.82) is 0 Å². The summed E-state index contributed by atoms with van der Waals surface area (Å²) in [5.41, 5.74) is 0.915. The topological polar surface area (TPSA) is 49.4 Å². The first kappa shape index (κ1) is 17.1. The monoisotopic (exact) mass is 342 g/mol. The van der Waals surface area contributed by atoms with E-state index in [9.17, 15) is 9.59 Å². The molecular formula is C16H20Cl2N2O2. The Morgan fingerprint density at radius 1 is 1.36 bits per heavy atom. The SMILES string of the molecule is CC(c1ccc(Cl)c(Cl)c1)N(C)C(=O)[C@H]1CC(=O)N[C@@H](C)C1. The van der Waals surface area contributed by atoms with Crippen molar-refractivity contribution in [3.63, 3.8) is 0 Å². The average Bonchev–Trinajstić information content (AvgIpc) is 2.46. The second-order valence-electron chi connectivity index (χ2n) is 5.90. The van der Waals surface area contributed by atoms with Crippen LogP contribution in [0.4, 0.5) is 0 Å². The summed E-state index contributed by atoms with van der Waals surface area (Å²) in [6.45, 7) is 3.85. The molecule has 120 valence electrons. The quantitative estimate of drug-likeness (QED) is 0.914. The van der Waals surface area contributed by atoms with Gasteiger partial charge in [-0.05, 0) is 38.0 Å². The second kappa shape index (κ2) is 6.88. The highest BCUT2D eigenvalue weighted by atomic mass is 35.5. The molecule has 1 unspecified atom stereocenters. The Morgan fingerprint density at radius 3 is 2.64 bits per heavy atom. The number of hydrogen-bond acceptors (Lipinski definition) is 2. The van der Waals surface area contributed by atoms with Crippen LogP contribution in [0.5, 0.6) is 0 Å². The number of rotatable bonds is 3. The Bertz CT molecular complexity index is 592. The number of piperidine rings is 1. The van der Waals surface area contributed by atoms with Crippen molar-refractivity contribution in [3.05, 3.63) is 33.8 Å². The minimum atomic E-state index is -0.265. The molecule has 1 N–H and O–H groups in total. The Hall–Kier alpha value is -1.26. The summed E-state index contributed by atoms with van der Waals surface area (Å²) < 4.78 is 0. The van der Waals surface area contributed by atoms with E-state index >= 15 is 0 Å². The largest absolute Gasteiger partial charge is 0.354 e. The molecule has 2 amide bonds. The molecule has 1 aliphatic rings. The lowest BCUT2D eigenvalue weighted by molar-refractivity contribution is -0.141. The molecule has 1 aromatic carbocycles. The fraction of sp³-hybridized carbons (Fsp3) is 0.500. The zero-order valence-electron chi connectivity index (χ0n) is 12.9. The highest BCUT2D eigenvalue weighted by Crippen LogP contribution is 2.29. The van der Waals surface area contributed by atoms with Crippen LogP contribution < -0.4 is 5.32 Å². The fourth-order valence-corrected chi connectivity index (χ4v) is 3.10. The normalized spacial score (nSPS) is 22.9. The third-order valence-corrected chi connectivity index (χ3v) is 4.92. The van der Waals surface area contributed by atoms with Gasteiger partial charge in [0.1, 0.15) is 0 Å². The number of carbonyl (C=O) groups excluding carboxylic acids is 2. The Balaban J connectivity index is 2.12. The molecule has 3 atom stereocenters. The standard InChI is InChI=1S/C16H20Cl2N2O2/c1-9-6-12(8-15(21)19-9)16(22)20(3)10(2)11-4-5-13(17)14(18)7-11/h4-5,7,9-10,12H,6,8H2,1-3H3,(H,19,21)/t9-,10?,12+/m0/s1. The second-order valence-corrected chi connectivity index (χ2v) is 6.72. The van der Waals surface area contributed by atoms with E-state index in [0.717, 1.165) is 5.56 Å². The maximum Gasteiger partial charge on any atom is 0.226 e. The van der Waals surface area contributed by atoms with E-state index in [4.69, 9.17) is 23.2 Å². The van der Waals surface area contributed by atoms with Gasteiger partial charge in [-0.2, -0.15) is 0 Å². The number of amides is 2. The lowest BCUT2D eigenvalue weighted by Crippen LogP contribution is -2.46. The fourth-order valence-electron chi connectivity index (χ4n) is 2.79. The zero-order valence-corrected chi connectivity index (χ0v) is 14.4. The van der Waals surface area contributed by atoms with Crippen molar-refractivity contribution in [3.8, 4) is 0 Å². The van der Waals surface area contributed by atoms with Gasteiger partial charge in [0, 0.05) is 25.4 Å². The molecule has 2 rings (SSSR count). The van der Waals surface area contributed by atoms with Gasteiger partial charge in [-0.25, -0.2) is 0 Å². The number of nitrogens with zero attached hydrogens (tertiary/aromatic N) is 1. The van der Waals surface area contributed by atoms with Crippen LogP contribution in [0.1, 0.15) is 38.3 Å². The summed E-state index contributed by atoms with van der Waals surface area (Å²) in [6, 6.07) is 5.25. The molecule has 1 heterocycles. The van der Waals surface area contributed by atoms with Crippen molar-refractivity contribution in [2.45, 2.75) is 38.8 Å². The van der Waals surface area contributed by atoms with E-state index in [1.165, 1.54) is 0 Å². The smallest absolute Gasteiger partial charge is 0.226 e. The van der Waals surface area contributed by atoms with Gasteiger partial charge >= 0.3 is 0 Å². The van der Waals surface area contributed by atoms with E-state index < -0.39 is 0 Å². The van der Waals surface area contributed by atoms with Crippen LogP contribution in [0.15, 0.2) is 18.2 Å². The van der Waals surface area contributed by atoms with Gasteiger partial charge in [-0.1, -0.05) is 29.3 Å². The minimum absolute atomic E-state index is 0.0136. The first-order valence-electron chi connectivity index (χ1n) is 7.30. The highest BCUT2D eigenvalue weighted by Gasteiger charge is 2.32. The lowest BCUT2D eigenvalue weighted by atomic mass is 9.91. The molecule has 0 aromatic heterocycles. The Kier molecular flexibility index (Phi) is 5.35. The van der Waals surface area contributed by atoms with E-state index in [1.54, 1.807) is 24.1 Å². The van der Waals surface area contributed by atoms with Crippen LogP contribution >= 0.6 is 23.2 Å². The molecule has 0 radical (unpaired) electrons. The van der Waals surface area contributed by atoms with Crippen LogP contribution in [0.2, 0.25) is 10.0 Å². The van der Waals surface area contributed by atoms with Crippen LogP contribution in [0.3, 0.4) is 0 Å². The van der Waals surface area contributed by atoms with Crippen LogP contribution in [0, 0.1) is 5.92 Å². The predicted molar refractivity (Wildman–Crippen MR) is 88.0 cm³/mol. The Labute approximate surface area is 140 Å². The molecule has 1 saturated heterocycles. The molecule has 22 heavy (non-hydrogen) atoms. The predicted octanol–water partition coefficient (Wildman–Crippen LogP) is 3.43. The maximum absolute atomic E-state index is 12.6. The molecule has 1 fully saturated rings. The van der Waals surface area contributed by atoms with Crippen LogP contribution in [-0.2, 0) is 9.59 Å². The number of benzene rings is 1. The summed E-state index contributed by atoms with van der Waals surface area (Å²) in [6.07, 6.45) is 0.921. The molecule has 0 bridgehead atoms. The average molecular weight is 343 g/mol. The molecule has 0 aliphatic carbocycles. The molecule has 0 spiro atoms. The molecule has 6 heteroatoms. The highest BCUT2D eigenvalue weighted by molar-refractivity contribution is 6.42. The minimum Gasteiger partial charge on any atom is -0.354 e. The van der Waals surface area contributed by atoms with Crippen molar-refractivity contribution < 1.29 is 9.59 Å². The Morgan fingerprint density at radius 2 is 2.05 bits per heavy atom. The van der Waals surface area contributed by atoms with Crippen molar-refractivity contribution >= 4 is 35.0 Å². The number of hydrogen-bond donors (Lipinski definition) is 1. The van der Waals surface area contributed by atoms with Gasteiger partial charge in [0.25, 0.3) is 0 Å². The van der Waals surface area contributed by atoms with Crippen molar-refractivity contribution in [2.75, 3.05) is 7.05 Å². The van der Waals surface area contributed by atoms with E-state index in [1.807, 2.05) is 19.9 Å². The third-order valence-electron chi connectivity index (χ3n) is 4.18. The molecule has 4 nitrogen and oxygen atoms in total. The summed E-state index contributed by atoms with van der Waals surface area (Å²) in [5, 5.41) is 3.80. The van der Waals surface area contributed by atoms with E-state index in [-0.39, 0.29) is 36.2 Å². The van der Waals surface area contributed by atoms with Gasteiger partial charge in [0.15, 0.2) is 0 Å². The molecule has 1 aromatic rings. The van der Waals surface area contributed by atoms with Gasteiger partial charge in [0.05, 0.1) is 16.1 Å². The summed E-state index contributed by atoms with van der Waals surface area (Å²) in [5.74, 6) is -0.341. The van der Waals surface area contributed by atoms with Gasteiger partial charge < -0.3 is 10.2 Å².